The summed E-state index contributed by atoms with van der Waals surface area (Å²) < 4.78 is 23.3. The van der Waals surface area contributed by atoms with Gasteiger partial charge in [0.15, 0.2) is 4.90 Å². The highest BCUT2D eigenvalue weighted by Gasteiger charge is 2.68. The van der Waals surface area contributed by atoms with Crippen LogP contribution in [0.3, 0.4) is 0 Å². The minimum absolute atomic E-state index is 0.0519. The minimum atomic E-state index is -4.85. The molecule has 1 heterocycles. The van der Waals surface area contributed by atoms with Crippen LogP contribution in [0.25, 0.3) is 0 Å². The molecule has 0 radical (unpaired) electrons. The van der Waals surface area contributed by atoms with E-state index in [0.29, 0.717) is 25.9 Å². The Morgan fingerprint density at radius 1 is 1.06 bits per heavy atom. The van der Waals surface area contributed by atoms with Crippen molar-refractivity contribution in [3.8, 4) is 0 Å². The van der Waals surface area contributed by atoms with Gasteiger partial charge in [-0.3, -0.25) is 9.13 Å². The summed E-state index contributed by atoms with van der Waals surface area (Å²) in [5.74, 6) is -0.644. The molecule has 1 saturated heterocycles. The molecule has 5 N–H and O–H groups in total. The molecule has 2 aliphatic rings. The molecule has 2 rings (SSSR count). The van der Waals surface area contributed by atoms with E-state index in [0.717, 1.165) is 0 Å². The van der Waals surface area contributed by atoms with Crippen molar-refractivity contribution in [1.29, 1.82) is 0 Å². The van der Waals surface area contributed by atoms with E-state index in [2.05, 4.69) is 5.32 Å². The lowest BCUT2D eigenvalue weighted by molar-refractivity contribution is 0.232. The van der Waals surface area contributed by atoms with E-state index in [1.165, 1.54) is 0 Å². The van der Waals surface area contributed by atoms with Gasteiger partial charge in [-0.05, 0) is 44.2 Å². The largest absolute Gasteiger partial charge is 0.344 e. The molecule has 0 bridgehead atoms. The van der Waals surface area contributed by atoms with Gasteiger partial charge in [0.25, 0.3) is 0 Å². The van der Waals surface area contributed by atoms with Crippen LogP contribution in [-0.4, -0.2) is 37.6 Å². The van der Waals surface area contributed by atoms with E-state index in [-0.39, 0.29) is 12.3 Å². The standard InChI is InChI=1S/C8H17NO6P2/c10-16(11,12)8(17(13,14)15)3-1-6-5-9-4-2-7(6)8/h6-7,9H,1-5H2,(H2,10,11,12)(H2,13,14,15). The Morgan fingerprint density at radius 3 is 2.18 bits per heavy atom. The second-order valence-corrected chi connectivity index (χ2v) is 8.99. The predicted octanol–water partition coefficient (Wildman–Crippen LogP) is 0.0576. The van der Waals surface area contributed by atoms with Gasteiger partial charge in [-0.25, -0.2) is 0 Å². The minimum Gasteiger partial charge on any atom is -0.324 e. The van der Waals surface area contributed by atoms with Crippen molar-refractivity contribution in [1.82, 2.24) is 5.32 Å². The van der Waals surface area contributed by atoms with E-state index < -0.39 is 26.0 Å². The van der Waals surface area contributed by atoms with Crippen LogP contribution in [0.1, 0.15) is 19.3 Å². The molecule has 100 valence electrons. The monoisotopic (exact) mass is 285 g/mol. The van der Waals surface area contributed by atoms with Crippen molar-refractivity contribution >= 4 is 15.2 Å². The second kappa shape index (κ2) is 4.14. The van der Waals surface area contributed by atoms with Crippen LogP contribution in [0.15, 0.2) is 0 Å². The zero-order chi connectivity index (χ0) is 12.9. The maximum atomic E-state index is 11.6. The van der Waals surface area contributed by atoms with Gasteiger partial charge in [0, 0.05) is 0 Å². The molecule has 0 aromatic rings. The highest BCUT2D eigenvalue weighted by atomic mass is 31.2. The van der Waals surface area contributed by atoms with Crippen LogP contribution in [0, 0.1) is 11.8 Å². The first-order valence-electron chi connectivity index (χ1n) is 5.52. The van der Waals surface area contributed by atoms with E-state index >= 15 is 0 Å². The number of fused-ring (bicyclic) bond motifs is 1. The fourth-order valence-corrected chi connectivity index (χ4v) is 7.05. The van der Waals surface area contributed by atoms with Gasteiger partial charge in [-0.2, -0.15) is 0 Å². The van der Waals surface area contributed by atoms with E-state index in [1.54, 1.807) is 0 Å². The van der Waals surface area contributed by atoms with E-state index in [4.69, 9.17) is 0 Å². The molecule has 7 nitrogen and oxygen atoms in total. The fourth-order valence-electron chi connectivity index (χ4n) is 3.31. The van der Waals surface area contributed by atoms with Gasteiger partial charge in [0.05, 0.1) is 0 Å². The molecule has 0 aromatic heterocycles. The highest BCUT2D eigenvalue weighted by molar-refractivity contribution is 7.72. The number of hydrogen-bond donors (Lipinski definition) is 5. The smallest absolute Gasteiger partial charge is 0.324 e. The third-order valence-electron chi connectivity index (χ3n) is 4.09. The van der Waals surface area contributed by atoms with Crippen LogP contribution >= 0.6 is 15.2 Å². The van der Waals surface area contributed by atoms with Gasteiger partial charge in [0.2, 0.25) is 0 Å². The third-order valence-corrected chi connectivity index (χ3v) is 8.78. The molecule has 1 aliphatic heterocycles. The Kier molecular flexibility index (Phi) is 3.33. The SMILES string of the molecule is O=P(O)(O)C1(P(=O)(O)O)CCC2CNCCC21. The quantitative estimate of drug-likeness (QED) is 0.454. The van der Waals surface area contributed by atoms with Crippen LogP contribution < -0.4 is 5.32 Å². The van der Waals surface area contributed by atoms with Gasteiger partial charge in [-0.1, -0.05) is 0 Å². The first kappa shape index (κ1) is 13.7. The van der Waals surface area contributed by atoms with Crippen LogP contribution in [-0.2, 0) is 9.13 Å². The first-order chi connectivity index (χ1) is 7.70. The average Bonchev–Trinajstić information content (AvgIpc) is 2.55. The number of rotatable bonds is 2. The summed E-state index contributed by atoms with van der Waals surface area (Å²) in [6, 6.07) is 0. The molecule has 2 atom stereocenters. The second-order valence-electron chi connectivity index (χ2n) is 4.86. The summed E-state index contributed by atoms with van der Waals surface area (Å²) in [6.45, 7) is 1.12. The van der Waals surface area contributed by atoms with Crippen molar-refractivity contribution in [2.45, 2.75) is 24.2 Å². The molecule has 1 saturated carbocycles. The molecular weight excluding hydrogens is 268 g/mol. The summed E-state index contributed by atoms with van der Waals surface area (Å²) in [5, 5.41) is 3.09. The zero-order valence-corrected chi connectivity index (χ0v) is 11.0. The molecule has 0 aromatic carbocycles. The summed E-state index contributed by atoms with van der Waals surface area (Å²) in [7, 11) is -9.69. The maximum absolute atomic E-state index is 11.6. The van der Waals surface area contributed by atoms with Crippen LogP contribution in [0.5, 0.6) is 0 Å². The summed E-state index contributed by atoms with van der Waals surface area (Å²) in [4.78, 5) is 35.6. The normalized spacial score (nSPS) is 33.4. The molecule has 17 heavy (non-hydrogen) atoms. The lowest BCUT2D eigenvalue weighted by Crippen LogP contribution is -2.43. The summed E-state index contributed by atoms with van der Waals surface area (Å²) in [5.41, 5.74) is 0. The van der Waals surface area contributed by atoms with E-state index in [9.17, 15) is 28.7 Å². The van der Waals surface area contributed by atoms with Crippen LogP contribution in [0.2, 0.25) is 0 Å². The first-order valence-corrected chi connectivity index (χ1v) is 8.74. The molecule has 9 heteroatoms. The van der Waals surface area contributed by atoms with Crippen molar-refractivity contribution in [2.24, 2.45) is 11.8 Å². The molecular formula is C8H17NO6P2. The van der Waals surface area contributed by atoms with Gasteiger partial charge >= 0.3 is 15.2 Å². The van der Waals surface area contributed by atoms with Gasteiger partial charge in [0.1, 0.15) is 0 Å². The van der Waals surface area contributed by atoms with Gasteiger partial charge in [-0.15, -0.1) is 0 Å². The van der Waals surface area contributed by atoms with Crippen molar-refractivity contribution < 1.29 is 28.7 Å². The molecule has 1 aliphatic carbocycles. The summed E-state index contributed by atoms with van der Waals surface area (Å²) in [6.07, 6.45) is 0.757. The predicted molar refractivity (Wildman–Crippen MR) is 60.5 cm³/mol. The Labute approximate surface area is 98.9 Å². The molecule has 2 fully saturated rings. The van der Waals surface area contributed by atoms with E-state index in [1.807, 2.05) is 0 Å². The summed E-state index contributed by atoms with van der Waals surface area (Å²) >= 11 is 0. The fraction of sp³-hybridized carbons (Fsp3) is 1.00. The lowest BCUT2D eigenvalue weighted by atomic mass is 9.89. The Morgan fingerprint density at radius 2 is 1.65 bits per heavy atom. The van der Waals surface area contributed by atoms with Gasteiger partial charge < -0.3 is 24.9 Å². The number of nitrogens with one attached hydrogen (secondary N) is 1. The average molecular weight is 285 g/mol. The van der Waals surface area contributed by atoms with Crippen LogP contribution in [0.4, 0.5) is 0 Å². The van der Waals surface area contributed by atoms with Crippen molar-refractivity contribution in [3.63, 3.8) is 0 Å². The Hall–Kier alpha value is 0.260. The molecule has 0 amide bonds. The Balaban J connectivity index is 2.49. The molecule has 2 unspecified atom stereocenters. The number of piperidine rings is 1. The van der Waals surface area contributed by atoms with Crippen molar-refractivity contribution in [3.05, 3.63) is 0 Å². The Bertz CT molecular complexity index is 379. The lowest BCUT2D eigenvalue weighted by Gasteiger charge is -2.39. The number of hydrogen-bond acceptors (Lipinski definition) is 3. The van der Waals surface area contributed by atoms with Crippen molar-refractivity contribution in [2.75, 3.05) is 13.1 Å². The zero-order valence-electron chi connectivity index (χ0n) is 9.19. The topological polar surface area (TPSA) is 127 Å². The highest BCUT2D eigenvalue weighted by Crippen LogP contribution is 2.78. The third kappa shape index (κ3) is 1.94. The molecule has 0 spiro atoms. The maximum Gasteiger partial charge on any atom is 0.344 e.